The number of hydrogen-bond acceptors (Lipinski definition) is 14. The van der Waals surface area contributed by atoms with Gasteiger partial charge in [0.1, 0.15) is 33.1 Å². The van der Waals surface area contributed by atoms with E-state index in [0.29, 0.717) is 86.0 Å². The zero-order chi connectivity index (χ0) is 83.2. The molecule has 2 aliphatic carbocycles. The first kappa shape index (κ1) is 90.1. The van der Waals surface area contributed by atoms with Crippen molar-refractivity contribution < 1.29 is 82.0 Å². The van der Waals surface area contributed by atoms with E-state index in [-0.39, 0.29) is 36.3 Å². The van der Waals surface area contributed by atoms with Crippen LogP contribution in [0, 0.1) is 13.8 Å². The van der Waals surface area contributed by atoms with E-state index in [2.05, 4.69) is 42.6 Å². The number of aliphatic carboxylic acids is 3. The molecule has 2 atom stereocenters. The summed E-state index contributed by atoms with van der Waals surface area (Å²) in [6.45, 7) is 22.6. The number of ether oxygens (including phenoxy) is 7. The number of amides is 1. The van der Waals surface area contributed by atoms with Gasteiger partial charge in [0.05, 0.1) is 12.7 Å². The number of carbonyl (C=O) groups excluding carboxylic acids is 4. The first-order valence-corrected chi connectivity index (χ1v) is 38.6. The fourth-order valence-corrected chi connectivity index (χ4v) is 12.4. The van der Waals surface area contributed by atoms with Gasteiger partial charge < -0.3 is 53.8 Å². The van der Waals surface area contributed by atoms with Crippen molar-refractivity contribution in [3.8, 4) is 39.9 Å². The minimum Gasteiger partial charge on any atom is -0.482 e. The lowest BCUT2D eigenvalue weighted by molar-refractivity contribution is -0.163. The number of esters is 2. The molecule has 11 rings (SSSR count). The van der Waals surface area contributed by atoms with E-state index in [9.17, 15) is 33.6 Å². The van der Waals surface area contributed by atoms with Crippen molar-refractivity contribution in [2.45, 2.75) is 167 Å². The number of carbonyl (C=O) groups is 7. The molecule has 0 spiro atoms. The number of rotatable bonds is 26. The Morgan fingerprint density at radius 3 is 1.41 bits per heavy atom. The highest BCUT2D eigenvalue weighted by atomic mass is 35.5. The molecule has 0 aliphatic heterocycles. The summed E-state index contributed by atoms with van der Waals surface area (Å²) < 4.78 is 37.2. The molecule has 0 saturated heterocycles. The van der Waals surface area contributed by atoms with Crippen molar-refractivity contribution in [2.75, 3.05) is 19.8 Å². The Morgan fingerprint density at radius 1 is 0.513 bits per heavy atom. The lowest BCUT2D eigenvalue weighted by Gasteiger charge is -2.28. The Kier molecular flexibility index (Phi) is 32.4. The monoisotopic (exact) mass is 1640 g/mol. The maximum atomic E-state index is 12.4. The lowest BCUT2D eigenvalue weighted by atomic mass is 9.77. The minimum atomic E-state index is -1.28. The molecule has 0 heterocycles. The second-order valence-electron chi connectivity index (χ2n) is 29.1. The Bertz CT molecular complexity index is 4700. The summed E-state index contributed by atoms with van der Waals surface area (Å²) in [6.07, 6.45) is 4.71. The molecule has 1 saturated carbocycles. The van der Waals surface area contributed by atoms with Crippen molar-refractivity contribution in [1.82, 2.24) is 5.32 Å². The van der Waals surface area contributed by atoms with Gasteiger partial charge in [-0.1, -0.05) is 114 Å². The minimum absolute atomic E-state index is 0.110. The molecule has 4 N–H and O–H groups in total. The summed E-state index contributed by atoms with van der Waals surface area (Å²) in [6, 6.07) is 62.3. The number of nitrogens with one attached hydrogen (secondary N) is 1. The van der Waals surface area contributed by atoms with E-state index in [1.165, 1.54) is 56.4 Å². The third-order valence-corrected chi connectivity index (χ3v) is 19.7. The summed E-state index contributed by atoms with van der Waals surface area (Å²) in [4.78, 5) is 81.0. The Balaban J connectivity index is 0.000000197. The van der Waals surface area contributed by atoms with E-state index < -0.39 is 50.6 Å². The lowest BCUT2D eigenvalue weighted by Crippen LogP contribution is -2.40. The van der Waals surface area contributed by atoms with Crippen molar-refractivity contribution in [1.29, 1.82) is 0 Å². The third kappa shape index (κ3) is 27.3. The SMILES string of the molecule is CC(C)(Oc1ccc(C2CC2(Cl)Cl)cc1)C(=O)O.CC(C)(Oc1ccc(CCNC(=O)c2ccc(Cl)cc2)cc1)C(=O)O.CC(C)OC(=O)C(C)(C)Oc1ccc(C(=O)c2ccc(Cl)cc2)cc1.CCOC(=O)C(C)(C)Oc1ccc(-c2ccc(Cl)cc2)cc1.Cc1c(OCC(=O)O)ccc(C2CCCc3ccccc32)c1C. The highest BCUT2D eigenvalue weighted by molar-refractivity contribution is 6.51. The van der Waals surface area contributed by atoms with Crippen molar-refractivity contribution in [3.63, 3.8) is 0 Å². The number of carboxylic acids is 3. The van der Waals surface area contributed by atoms with Crippen LogP contribution < -0.4 is 29.0 Å². The first-order chi connectivity index (χ1) is 53.2. The average molecular weight is 1640 g/mol. The fourth-order valence-electron chi connectivity index (χ4n) is 11.5. The molecule has 598 valence electrons. The van der Waals surface area contributed by atoms with Crippen LogP contribution in [0.1, 0.15) is 172 Å². The van der Waals surface area contributed by atoms with Gasteiger partial charge in [-0.3, -0.25) is 9.59 Å². The van der Waals surface area contributed by atoms with Crippen LogP contribution in [0.4, 0.5) is 0 Å². The number of alkyl halides is 2. The predicted molar refractivity (Wildman–Crippen MR) is 443 cm³/mol. The maximum Gasteiger partial charge on any atom is 0.350 e. The van der Waals surface area contributed by atoms with Crippen LogP contribution in [0.2, 0.25) is 15.1 Å². The largest absolute Gasteiger partial charge is 0.482 e. The van der Waals surface area contributed by atoms with E-state index in [1.807, 2.05) is 85.8 Å². The number of hydrogen-bond donors (Lipinski definition) is 4. The van der Waals surface area contributed by atoms with Gasteiger partial charge >= 0.3 is 29.8 Å². The Morgan fingerprint density at radius 2 is 0.938 bits per heavy atom. The first-order valence-electron chi connectivity index (χ1n) is 36.7. The van der Waals surface area contributed by atoms with E-state index in [0.717, 1.165) is 47.1 Å². The van der Waals surface area contributed by atoms with Crippen LogP contribution in [0.3, 0.4) is 0 Å². The quantitative estimate of drug-likeness (QED) is 0.0223. The molecule has 0 aromatic heterocycles. The van der Waals surface area contributed by atoms with Gasteiger partial charge in [0.25, 0.3) is 5.91 Å². The smallest absolute Gasteiger partial charge is 0.350 e. The number of benzene rings is 9. The number of ketones is 1. The van der Waals surface area contributed by atoms with Gasteiger partial charge in [-0.15, -0.1) is 23.2 Å². The van der Waals surface area contributed by atoms with Crippen LogP contribution >= 0.6 is 58.0 Å². The summed E-state index contributed by atoms with van der Waals surface area (Å²) in [5.74, 6) is -0.713. The molecule has 23 heteroatoms. The van der Waals surface area contributed by atoms with Gasteiger partial charge in [-0.2, -0.15) is 0 Å². The molecular formula is C90H96Cl5NO17. The normalized spacial score (nSPS) is 13.9. The van der Waals surface area contributed by atoms with Crippen LogP contribution in [0.15, 0.2) is 206 Å². The highest BCUT2D eigenvalue weighted by Crippen LogP contribution is 2.59. The summed E-state index contributed by atoms with van der Waals surface area (Å²) in [5.41, 5.74) is 7.60. The third-order valence-electron chi connectivity index (χ3n) is 18.1. The van der Waals surface area contributed by atoms with Crippen molar-refractivity contribution in [3.05, 3.63) is 277 Å². The van der Waals surface area contributed by atoms with Gasteiger partial charge in [0.15, 0.2) is 34.8 Å². The van der Waals surface area contributed by atoms with Gasteiger partial charge in [0, 0.05) is 50.1 Å². The fraction of sp³-hybridized carbons (Fsp3) is 0.322. The highest BCUT2D eigenvalue weighted by Gasteiger charge is 2.52. The summed E-state index contributed by atoms with van der Waals surface area (Å²) >= 11 is 29.5. The van der Waals surface area contributed by atoms with E-state index >= 15 is 0 Å². The van der Waals surface area contributed by atoms with Crippen LogP contribution in [-0.4, -0.2) is 109 Å². The molecule has 0 bridgehead atoms. The van der Waals surface area contributed by atoms with Gasteiger partial charge in [0.2, 0.25) is 0 Å². The molecule has 0 radical (unpaired) electrons. The topological polar surface area (TPSA) is 257 Å². The average Bonchev–Trinajstić information content (AvgIpc) is 1.55. The zero-order valence-electron chi connectivity index (χ0n) is 65.5. The molecule has 2 unspecified atom stereocenters. The molecular weight excluding hydrogens is 1540 g/mol. The Hall–Kier alpha value is -10.1. The van der Waals surface area contributed by atoms with Crippen LogP contribution in [0.25, 0.3) is 11.1 Å². The van der Waals surface area contributed by atoms with Crippen LogP contribution in [0.5, 0.6) is 28.7 Å². The van der Waals surface area contributed by atoms with Gasteiger partial charge in [-0.05, 0) is 300 Å². The van der Waals surface area contributed by atoms with Crippen molar-refractivity contribution >= 4 is 99.5 Å². The molecule has 9 aromatic carbocycles. The molecule has 2 aliphatic rings. The Labute approximate surface area is 685 Å². The zero-order valence-corrected chi connectivity index (χ0v) is 69.2. The van der Waals surface area contributed by atoms with Crippen molar-refractivity contribution in [2.24, 2.45) is 0 Å². The second kappa shape index (κ2) is 40.6. The standard InChI is InChI=1S/C20H21ClO4.C20H22O3.C19H20ClNO4.C18H19ClO3.C13H14Cl2O3/c1-13(2)24-19(23)20(3,4)25-17-11-7-15(8-12-17)18(22)14-5-9-16(21)10-6-14;1-13-14(2)19(23-12-20(21)22)11-10-16(13)18-9-5-7-15-6-3-4-8-17(15)18;1-19(2,18(23)24)25-16-9-3-13(4-10-16)11-12-21-17(22)14-5-7-15(20)8-6-14;1-4-21-17(20)18(2,3)22-16-11-7-14(8-12-16)13-5-9-15(19)10-6-13;1-12(2,11(16)17)18-9-5-3-8(4-6-9)10-7-13(10,14)15/h5-13H,1-4H3;3-4,6,8,10-11,18H,5,7,9,12H2,1-2H3,(H,21,22);3-10H,11-12H2,1-2H3,(H,21,22)(H,23,24);5-12H,4H2,1-3H3;3-6,10H,7H2,1-2H3,(H,16,17). The van der Waals surface area contributed by atoms with E-state index in [1.54, 1.807) is 146 Å². The number of carboxylic acid groups (broad SMARTS) is 3. The van der Waals surface area contributed by atoms with Crippen LogP contribution in [-0.2, 0) is 46.3 Å². The maximum absolute atomic E-state index is 12.4. The molecule has 113 heavy (non-hydrogen) atoms. The number of aryl methyl sites for hydroxylation is 1. The molecule has 1 fully saturated rings. The number of halogens is 5. The second-order valence-corrected chi connectivity index (χ2v) is 32.0. The molecule has 18 nitrogen and oxygen atoms in total. The molecule has 1 amide bonds. The summed E-state index contributed by atoms with van der Waals surface area (Å²) in [5, 5.41) is 31.5. The molecule has 9 aromatic rings. The van der Waals surface area contributed by atoms with E-state index in [4.69, 9.17) is 106 Å². The number of fused-ring (bicyclic) bond motifs is 1. The van der Waals surface area contributed by atoms with Gasteiger partial charge in [-0.25, -0.2) is 24.0 Å². The predicted octanol–water partition coefficient (Wildman–Crippen LogP) is 20.8. The summed E-state index contributed by atoms with van der Waals surface area (Å²) in [7, 11) is 0.